The molecule has 0 saturated heterocycles. The number of nitrogens with zero attached hydrogens (tertiary/aromatic N) is 3. The highest BCUT2D eigenvalue weighted by atomic mass is 16.3. The molecule has 5 heteroatoms. The van der Waals surface area contributed by atoms with Gasteiger partial charge in [0.2, 0.25) is 0 Å². The van der Waals surface area contributed by atoms with Gasteiger partial charge in [-0.3, -0.25) is 9.97 Å². The van der Waals surface area contributed by atoms with Crippen molar-refractivity contribution < 1.29 is 8.83 Å². The smallest absolute Gasteiger partial charge is 0.138 e. The van der Waals surface area contributed by atoms with E-state index in [1.807, 2.05) is 42.7 Å². The van der Waals surface area contributed by atoms with Crippen molar-refractivity contribution in [1.82, 2.24) is 9.97 Å². The predicted octanol–water partition coefficient (Wildman–Crippen LogP) is 10.1. The minimum absolute atomic E-state index is 0.814. The molecule has 0 radical (unpaired) electrons. The Balaban J connectivity index is 1.38. The molecule has 41 heavy (non-hydrogen) atoms. The van der Waals surface area contributed by atoms with Crippen LogP contribution >= 0.6 is 0 Å². The van der Waals surface area contributed by atoms with Crippen LogP contribution in [0.25, 0.3) is 65.4 Å². The molecule has 5 aromatic carbocycles. The van der Waals surface area contributed by atoms with E-state index < -0.39 is 0 Å². The lowest BCUT2D eigenvalue weighted by Gasteiger charge is -2.26. The average molecular weight is 528 g/mol. The molecular formula is C36H21N3O2. The van der Waals surface area contributed by atoms with Gasteiger partial charge in [-0.05, 0) is 76.1 Å². The second-order valence-electron chi connectivity index (χ2n) is 10.3. The molecule has 9 rings (SSSR count). The van der Waals surface area contributed by atoms with E-state index in [4.69, 9.17) is 8.83 Å². The fourth-order valence-electron chi connectivity index (χ4n) is 6.14. The Hall–Kier alpha value is -5.68. The molecule has 0 aliphatic heterocycles. The Labute approximate surface area is 233 Å². The Kier molecular flexibility index (Phi) is 4.55. The van der Waals surface area contributed by atoms with Gasteiger partial charge in [-0.25, -0.2) is 0 Å². The first kappa shape index (κ1) is 22.2. The lowest BCUT2D eigenvalue weighted by Crippen LogP contribution is -2.10. The summed E-state index contributed by atoms with van der Waals surface area (Å²) >= 11 is 0. The number of rotatable bonds is 3. The number of anilines is 3. The maximum absolute atomic E-state index is 6.27. The average Bonchev–Trinajstić information content (AvgIpc) is 3.60. The number of hydrogen-bond donors (Lipinski definition) is 0. The third kappa shape index (κ3) is 3.29. The van der Waals surface area contributed by atoms with Gasteiger partial charge in [-0.2, -0.15) is 0 Å². The lowest BCUT2D eigenvalue weighted by atomic mass is 10.0. The molecular weight excluding hydrogens is 506 g/mol. The Morgan fingerprint density at radius 2 is 1.12 bits per heavy atom. The zero-order valence-corrected chi connectivity index (χ0v) is 21.8. The molecule has 0 N–H and O–H groups in total. The molecule has 4 heterocycles. The zero-order chi connectivity index (χ0) is 26.9. The summed E-state index contributed by atoms with van der Waals surface area (Å²) in [6, 6.07) is 36.0. The number of aromatic nitrogens is 2. The van der Waals surface area contributed by atoms with Gasteiger partial charge in [0.05, 0.1) is 11.1 Å². The van der Waals surface area contributed by atoms with Crippen LogP contribution < -0.4 is 4.90 Å². The summed E-state index contributed by atoms with van der Waals surface area (Å²) in [4.78, 5) is 11.1. The maximum atomic E-state index is 6.27. The van der Waals surface area contributed by atoms with E-state index in [1.165, 1.54) is 21.5 Å². The van der Waals surface area contributed by atoms with Crippen molar-refractivity contribution in [3.8, 4) is 0 Å². The zero-order valence-electron chi connectivity index (χ0n) is 21.8. The normalized spacial score (nSPS) is 11.9. The molecule has 5 nitrogen and oxygen atoms in total. The minimum Gasteiger partial charge on any atom is -0.456 e. The SMILES string of the molecule is c1ccc2c(c1)ccc1ccc(N(c3ccc4oc5ccncc5c4c3)c3cccc4oc5ccncc5c34)cc12. The van der Waals surface area contributed by atoms with Gasteiger partial charge in [-0.1, -0.05) is 48.5 Å². The van der Waals surface area contributed by atoms with Crippen molar-refractivity contribution in [1.29, 1.82) is 0 Å². The van der Waals surface area contributed by atoms with Crippen LogP contribution in [-0.2, 0) is 0 Å². The molecule has 9 aromatic rings. The number of pyridine rings is 2. The van der Waals surface area contributed by atoms with Crippen molar-refractivity contribution in [2.75, 3.05) is 4.90 Å². The quantitative estimate of drug-likeness (QED) is 0.214. The van der Waals surface area contributed by atoms with Crippen molar-refractivity contribution in [3.63, 3.8) is 0 Å². The van der Waals surface area contributed by atoms with E-state index in [9.17, 15) is 0 Å². The van der Waals surface area contributed by atoms with E-state index in [0.717, 1.165) is 60.9 Å². The molecule has 192 valence electrons. The van der Waals surface area contributed by atoms with Gasteiger partial charge in [0.1, 0.15) is 22.3 Å². The van der Waals surface area contributed by atoms with Crippen molar-refractivity contribution in [3.05, 3.63) is 128 Å². The molecule has 0 fully saturated rings. The van der Waals surface area contributed by atoms with E-state index in [0.29, 0.717) is 0 Å². The summed E-state index contributed by atoms with van der Waals surface area (Å²) in [6.07, 6.45) is 7.28. The van der Waals surface area contributed by atoms with Gasteiger partial charge in [0.25, 0.3) is 0 Å². The molecule has 0 atom stereocenters. The molecule has 0 aliphatic rings. The van der Waals surface area contributed by atoms with Crippen LogP contribution in [0, 0.1) is 0 Å². The Morgan fingerprint density at radius 1 is 0.463 bits per heavy atom. The van der Waals surface area contributed by atoms with Crippen LogP contribution in [0.15, 0.2) is 137 Å². The molecule has 0 aliphatic carbocycles. The van der Waals surface area contributed by atoms with Crippen LogP contribution in [-0.4, -0.2) is 9.97 Å². The van der Waals surface area contributed by atoms with Gasteiger partial charge in [0.15, 0.2) is 0 Å². The first-order valence-corrected chi connectivity index (χ1v) is 13.5. The fourth-order valence-corrected chi connectivity index (χ4v) is 6.14. The highest BCUT2D eigenvalue weighted by molar-refractivity contribution is 6.15. The topological polar surface area (TPSA) is 55.3 Å². The summed E-state index contributed by atoms with van der Waals surface area (Å²) in [7, 11) is 0. The van der Waals surface area contributed by atoms with Crippen LogP contribution in [0.3, 0.4) is 0 Å². The molecule has 0 saturated carbocycles. The maximum Gasteiger partial charge on any atom is 0.138 e. The van der Waals surface area contributed by atoms with Crippen molar-refractivity contribution in [2.45, 2.75) is 0 Å². The highest BCUT2D eigenvalue weighted by Crippen LogP contribution is 2.45. The molecule has 4 aromatic heterocycles. The summed E-state index contributed by atoms with van der Waals surface area (Å²) in [6.45, 7) is 0. The van der Waals surface area contributed by atoms with Crippen molar-refractivity contribution >= 4 is 82.5 Å². The number of furan rings is 2. The van der Waals surface area contributed by atoms with Gasteiger partial charge in [-0.15, -0.1) is 0 Å². The van der Waals surface area contributed by atoms with Gasteiger partial charge < -0.3 is 13.7 Å². The summed E-state index contributed by atoms with van der Waals surface area (Å²) in [5.41, 5.74) is 6.36. The molecule has 0 amide bonds. The fraction of sp³-hybridized carbons (Fsp3) is 0. The third-order valence-electron chi connectivity index (χ3n) is 8.02. The second-order valence-corrected chi connectivity index (χ2v) is 10.3. The number of fused-ring (bicyclic) bond motifs is 9. The van der Waals surface area contributed by atoms with Gasteiger partial charge >= 0.3 is 0 Å². The van der Waals surface area contributed by atoms with Crippen LogP contribution in [0.4, 0.5) is 17.1 Å². The largest absolute Gasteiger partial charge is 0.456 e. The Bertz CT molecular complexity index is 2450. The van der Waals surface area contributed by atoms with Crippen molar-refractivity contribution in [2.24, 2.45) is 0 Å². The van der Waals surface area contributed by atoms with E-state index in [2.05, 4.69) is 87.7 Å². The van der Waals surface area contributed by atoms with Crippen LogP contribution in [0.2, 0.25) is 0 Å². The van der Waals surface area contributed by atoms with E-state index in [-0.39, 0.29) is 0 Å². The summed E-state index contributed by atoms with van der Waals surface area (Å²) in [5.74, 6) is 0. The number of benzene rings is 5. The molecule has 0 bridgehead atoms. The van der Waals surface area contributed by atoms with Crippen LogP contribution in [0.1, 0.15) is 0 Å². The molecule has 0 unspecified atom stereocenters. The minimum atomic E-state index is 0.814. The van der Waals surface area contributed by atoms with E-state index >= 15 is 0 Å². The first-order valence-electron chi connectivity index (χ1n) is 13.5. The Morgan fingerprint density at radius 3 is 2.00 bits per heavy atom. The third-order valence-corrected chi connectivity index (χ3v) is 8.02. The lowest BCUT2D eigenvalue weighted by molar-refractivity contribution is 0.668. The summed E-state index contributed by atoms with van der Waals surface area (Å²) < 4.78 is 12.4. The summed E-state index contributed by atoms with van der Waals surface area (Å²) in [5, 5.41) is 8.86. The highest BCUT2D eigenvalue weighted by Gasteiger charge is 2.21. The monoisotopic (exact) mass is 527 g/mol. The number of hydrogen-bond acceptors (Lipinski definition) is 5. The second kappa shape index (κ2) is 8.41. The predicted molar refractivity (Wildman–Crippen MR) is 166 cm³/mol. The van der Waals surface area contributed by atoms with E-state index in [1.54, 1.807) is 12.4 Å². The molecule has 0 spiro atoms. The van der Waals surface area contributed by atoms with Crippen LogP contribution in [0.5, 0.6) is 0 Å². The first-order chi connectivity index (χ1) is 20.3. The van der Waals surface area contributed by atoms with Gasteiger partial charge in [0, 0.05) is 52.3 Å². The standard InChI is InChI=1S/C36H21N3O2/c1-2-5-26-22(4-1)8-9-23-10-11-24(18-27(23)26)39(25-12-13-32-28(19-25)29-20-37-16-14-33(29)40-32)31-6-3-7-35-36(31)30-21-38-17-15-34(30)41-35/h1-21H.